The van der Waals surface area contributed by atoms with Crippen molar-refractivity contribution in [1.29, 1.82) is 0 Å². The van der Waals surface area contributed by atoms with Crippen molar-refractivity contribution in [3.8, 4) is 0 Å². The van der Waals surface area contributed by atoms with Crippen LogP contribution in [0.25, 0.3) is 0 Å². The summed E-state index contributed by atoms with van der Waals surface area (Å²) in [6.07, 6.45) is 1.57. The minimum Gasteiger partial charge on any atom is -0.268 e. The zero-order chi connectivity index (χ0) is 13.5. The number of allylic oxidation sites excluding steroid dienone is 1. The fourth-order valence-electron chi connectivity index (χ4n) is 1.63. The van der Waals surface area contributed by atoms with Gasteiger partial charge in [0.25, 0.3) is 11.8 Å². The minimum absolute atomic E-state index is 0.144. The first-order valence-electron chi connectivity index (χ1n) is 5.67. The Kier molecular flexibility index (Phi) is 3.15. The van der Waals surface area contributed by atoms with Crippen molar-refractivity contribution in [2.45, 2.75) is 20.8 Å². The van der Waals surface area contributed by atoms with E-state index in [0.717, 1.165) is 4.48 Å². The third-order valence-electron chi connectivity index (χ3n) is 2.78. The first-order valence-corrected chi connectivity index (χ1v) is 6.46. The Bertz CT molecular complexity index is 520. The molecule has 3 nitrogen and oxygen atoms in total. The van der Waals surface area contributed by atoms with Crippen LogP contribution in [0.3, 0.4) is 0 Å². The topological polar surface area (TPSA) is 37.4 Å². The summed E-state index contributed by atoms with van der Waals surface area (Å²) in [7, 11) is 0. The quantitative estimate of drug-likeness (QED) is 0.744. The zero-order valence-corrected chi connectivity index (χ0v) is 12.1. The van der Waals surface area contributed by atoms with E-state index < -0.39 is 0 Å². The molecule has 0 spiro atoms. The van der Waals surface area contributed by atoms with Crippen LogP contribution in [0.5, 0.6) is 0 Å². The van der Waals surface area contributed by atoms with Gasteiger partial charge in [0, 0.05) is 10.7 Å². The van der Waals surface area contributed by atoms with Gasteiger partial charge in [0.1, 0.15) is 0 Å². The summed E-state index contributed by atoms with van der Waals surface area (Å²) in [4.78, 5) is 25.4. The lowest BCUT2D eigenvalue weighted by molar-refractivity contribution is 0.0720. The largest absolute Gasteiger partial charge is 0.268 e. The zero-order valence-electron chi connectivity index (χ0n) is 10.5. The summed E-state index contributed by atoms with van der Waals surface area (Å²) in [6, 6.07) is 6.87. The van der Waals surface area contributed by atoms with Gasteiger partial charge in [0.05, 0.1) is 11.1 Å². The number of nitrogens with zero attached hydrogens (tertiary/aromatic N) is 1. The number of benzene rings is 1. The summed E-state index contributed by atoms with van der Waals surface area (Å²) >= 11 is 3.42. The summed E-state index contributed by atoms with van der Waals surface area (Å²) in [5.74, 6) is -0.534. The van der Waals surface area contributed by atoms with Crippen molar-refractivity contribution < 1.29 is 9.59 Å². The highest BCUT2D eigenvalue weighted by Gasteiger charge is 2.34. The maximum Gasteiger partial charge on any atom is 0.265 e. The van der Waals surface area contributed by atoms with Crippen LogP contribution in [0.1, 0.15) is 41.5 Å². The number of rotatable bonds is 1. The molecule has 0 N–H and O–H groups in total. The van der Waals surface area contributed by atoms with Crippen LogP contribution in [-0.4, -0.2) is 16.7 Å². The molecule has 2 rings (SSSR count). The van der Waals surface area contributed by atoms with Crippen LogP contribution < -0.4 is 0 Å². The first-order chi connectivity index (χ1) is 8.32. The van der Waals surface area contributed by atoms with Gasteiger partial charge < -0.3 is 0 Å². The van der Waals surface area contributed by atoms with Gasteiger partial charge in [-0.3, -0.25) is 9.59 Å². The fourth-order valence-corrected chi connectivity index (χ4v) is 1.84. The molecule has 0 atom stereocenters. The number of hydrogen-bond donors (Lipinski definition) is 0. The second kappa shape index (κ2) is 4.35. The van der Waals surface area contributed by atoms with Gasteiger partial charge >= 0.3 is 0 Å². The van der Waals surface area contributed by atoms with E-state index in [2.05, 4.69) is 15.9 Å². The second-order valence-electron chi connectivity index (χ2n) is 5.25. The van der Waals surface area contributed by atoms with E-state index in [0.29, 0.717) is 11.1 Å². The van der Waals surface area contributed by atoms with E-state index >= 15 is 0 Å². The molecule has 0 saturated heterocycles. The van der Waals surface area contributed by atoms with E-state index in [9.17, 15) is 9.59 Å². The fraction of sp³-hybridized carbons (Fsp3) is 0.286. The van der Waals surface area contributed by atoms with Crippen molar-refractivity contribution in [1.82, 2.24) is 4.90 Å². The molecule has 0 saturated carbocycles. The maximum atomic E-state index is 12.1. The molecular weight excluding hydrogens is 294 g/mol. The third-order valence-corrected chi connectivity index (χ3v) is 4.18. The summed E-state index contributed by atoms with van der Waals surface area (Å²) in [5, 5.41) is 0. The minimum atomic E-state index is -0.267. The second-order valence-corrected chi connectivity index (χ2v) is 6.11. The Morgan fingerprint density at radius 1 is 1.11 bits per heavy atom. The molecule has 1 aromatic rings. The van der Waals surface area contributed by atoms with Crippen LogP contribution >= 0.6 is 15.9 Å². The molecule has 1 aliphatic heterocycles. The lowest BCUT2D eigenvalue weighted by atomic mass is 9.97. The molecule has 0 aromatic heterocycles. The monoisotopic (exact) mass is 307 g/mol. The number of halogens is 1. The van der Waals surface area contributed by atoms with E-state index in [4.69, 9.17) is 0 Å². The van der Waals surface area contributed by atoms with Crippen molar-refractivity contribution in [3.05, 3.63) is 46.1 Å². The Hall–Kier alpha value is -1.42. The maximum absolute atomic E-state index is 12.1. The Morgan fingerprint density at radius 2 is 1.56 bits per heavy atom. The van der Waals surface area contributed by atoms with Crippen molar-refractivity contribution in [3.63, 3.8) is 0 Å². The van der Waals surface area contributed by atoms with Crippen LogP contribution in [0.4, 0.5) is 0 Å². The summed E-state index contributed by atoms with van der Waals surface area (Å²) in [6.45, 7) is 6.02. The Balaban J connectivity index is 2.41. The molecule has 0 unspecified atom stereocenters. The van der Waals surface area contributed by atoms with E-state index in [1.165, 1.54) is 4.90 Å². The highest BCUT2D eigenvalue weighted by molar-refractivity contribution is 9.11. The number of amides is 2. The van der Waals surface area contributed by atoms with Gasteiger partial charge in [-0.1, -0.05) is 48.8 Å². The SMILES string of the molecule is CC(C)(C)/C(Br)=C/N1C(=O)c2ccccc2C1=O. The first kappa shape index (κ1) is 13.0. The molecule has 2 amide bonds. The number of carbonyl (C=O) groups is 2. The average molecular weight is 308 g/mol. The summed E-state index contributed by atoms with van der Waals surface area (Å²) in [5.41, 5.74) is 0.788. The van der Waals surface area contributed by atoms with E-state index in [1.807, 2.05) is 20.8 Å². The molecule has 18 heavy (non-hydrogen) atoms. The Morgan fingerprint density at radius 3 is 1.94 bits per heavy atom. The molecule has 0 radical (unpaired) electrons. The van der Waals surface area contributed by atoms with Gasteiger partial charge in [0.2, 0.25) is 0 Å². The van der Waals surface area contributed by atoms with Gasteiger partial charge in [0.15, 0.2) is 0 Å². The molecule has 0 bridgehead atoms. The number of carbonyl (C=O) groups excluding carboxylic acids is 2. The predicted molar refractivity (Wildman–Crippen MR) is 73.4 cm³/mol. The van der Waals surface area contributed by atoms with Crippen LogP contribution in [0.15, 0.2) is 34.9 Å². The molecule has 1 aromatic carbocycles. The summed E-state index contributed by atoms with van der Waals surface area (Å²) < 4.78 is 0.810. The smallest absolute Gasteiger partial charge is 0.265 e. The molecule has 94 valence electrons. The molecular formula is C14H14BrNO2. The van der Waals surface area contributed by atoms with Gasteiger partial charge in [-0.05, 0) is 17.5 Å². The van der Waals surface area contributed by atoms with Crippen LogP contribution in [-0.2, 0) is 0 Å². The van der Waals surface area contributed by atoms with Gasteiger partial charge in [-0.15, -0.1) is 0 Å². The van der Waals surface area contributed by atoms with E-state index in [-0.39, 0.29) is 17.2 Å². The van der Waals surface area contributed by atoms with Gasteiger partial charge in [-0.25, -0.2) is 4.90 Å². The van der Waals surface area contributed by atoms with Gasteiger partial charge in [-0.2, -0.15) is 0 Å². The van der Waals surface area contributed by atoms with Crippen molar-refractivity contribution in [2.75, 3.05) is 0 Å². The Labute approximate surface area is 115 Å². The van der Waals surface area contributed by atoms with Crippen LogP contribution in [0.2, 0.25) is 0 Å². The van der Waals surface area contributed by atoms with E-state index in [1.54, 1.807) is 30.5 Å². The number of imide groups is 1. The molecule has 4 heteroatoms. The highest BCUT2D eigenvalue weighted by atomic mass is 79.9. The third kappa shape index (κ3) is 2.12. The highest BCUT2D eigenvalue weighted by Crippen LogP contribution is 2.32. The molecule has 1 aliphatic rings. The average Bonchev–Trinajstić information content (AvgIpc) is 2.54. The number of hydrogen-bond acceptors (Lipinski definition) is 2. The lowest BCUT2D eigenvalue weighted by Gasteiger charge is -2.19. The number of fused-ring (bicyclic) bond motifs is 1. The standard InChI is InChI=1S/C14H14BrNO2/c1-14(2,3)11(15)8-16-12(17)9-6-4-5-7-10(9)13(16)18/h4-8H,1-3H3/b11-8-. The molecule has 0 fully saturated rings. The van der Waals surface area contributed by atoms with Crippen molar-refractivity contribution >= 4 is 27.7 Å². The van der Waals surface area contributed by atoms with Crippen LogP contribution in [0, 0.1) is 5.41 Å². The molecule has 1 heterocycles. The lowest BCUT2D eigenvalue weighted by Crippen LogP contribution is -2.25. The van der Waals surface area contributed by atoms with Crippen molar-refractivity contribution in [2.24, 2.45) is 5.41 Å². The normalized spacial score (nSPS) is 16.2. The molecule has 0 aliphatic carbocycles. The predicted octanol–water partition coefficient (Wildman–Crippen LogP) is 3.57.